The molecule has 0 aromatic heterocycles. The minimum absolute atomic E-state index is 0.0755. The highest BCUT2D eigenvalue weighted by Gasteiger charge is 2.11. The average molecular weight is 237 g/mol. The van der Waals surface area contributed by atoms with Gasteiger partial charge in [0.1, 0.15) is 5.75 Å². The number of nitro benzene ring substituents is 1. The number of nitrogens with zero attached hydrogens (tertiary/aromatic N) is 1. The zero-order chi connectivity index (χ0) is 12.8. The standard InChI is InChI=1S/C11H11NO5/c1-3-16-8(2)11(13)17-10-6-4-9(5-7-10)12(14)15/h4-7H,2-3H2,1H3. The van der Waals surface area contributed by atoms with Gasteiger partial charge in [0.25, 0.3) is 5.69 Å². The number of hydrogen-bond donors (Lipinski definition) is 0. The number of non-ortho nitro benzene ring substituents is 1. The zero-order valence-corrected chi connectivity index (χ0v) is 9.21. The van der Waals surface area contributed by atoms with Gasteiger partial charge < -0.3 is 9.47 Å². The van der Waals surface area contributed by atoms with Gasteiger partial charge in [-0.15, -0.1) is 0 Å². The van der Waals surface area contributed by atoms with Crippen molar-refractivity contribution in [3.63, 3.8) is 0 Å². The molecule has 90 valence electrons. The number of rotatable bonds is 5. The number of nitro groups is 1. The van der Waals surface area contributed by atoms with E-state index in [-0.39, 0.29) is 17.2 Å². The monoisotopic (exact) mass is 237 g/mol. The number of esters is 1. The largest absolute Gasteiger partial charge is 0.487 e. The Bertz CT molecular complexity index is 438. The number of ether oxygens (including phenoxy) is 2. The van der Waals surface area contributed by atoms with E-state index in [1.165, 1.54) is 24.3 Å². The van der Waals surface area contributed by atoms with Crippen molar-refractivity contribution in [3.8, 4) is 5.75 Å². The van der Waals surface area contributed by atoms with Crippen LogP contribution in [0.2, 0.25) is 0 Å². The van der Waals surface area contributed by atoms with E-state index in [0.717, 1.165) is 0 Å². The third-order valence-electron chi connectivity index (χ3n) is 1.80. The molecule has 0 unspecified atom stereocenters. The Kier molecular flexibility index (Phi) is 4.21. The molecule has 0 saturated heterocycles. The highest BCUT2D eigenvalue weighted by Crippen LogP contribution is 2.18. The van der Waals surface area contributed by atoms with Crippen molar-refractivity contribution in [1.82, 2.24) is 0 Å². The molecule has 0 bridgehead atoms. The molecule has 17 heavy (non-hydrogen) atoms. The molecule has 0 aliphatic rings. The van der Waals surface area contributed by atoms with Gasteiger partial charge in [0.15, 0.2) is 5.76 Å². The van der Waals surface area contributed by atoms with Gasteiger partial charge in [-0.2, -0.15) is 0 Å². The molecule has 0 aliphatic carbocycles. The summed E-state index contributed by atoms with van der Waals surface area (Å²) in [7, 11) is 0. The van der Waals surface area contributed by atoms with E-state index in [2.05, 4.69) is 6.58 Å². The number of carbonyl (C=O) groups excluding carboxylic acids is 1. The van der Waals surface area contributed by atoms with Crippen molar-refractivity contribution in [1.29, 1.82) is 0 Å². The second kappa shape index (κ2) is 5.64. The molecule has 0 N–H and O–H groups in total. The van der Waals surface area contributed by atoms with E-state index in [9.17, 15) is 14.9 Å². The summed E-state index contributed by atoms with van der Waals surface area (Å²) in [5.41, 5.74) is -0.0755. The molecule has 6 heteroatoms. The summed E-state index contributed by atoms with van der Waals surface area (Å²) in [6, 6.07) is 5.14. The molecule has 0 spiro atoms. The van der Waals surface area contributed by atoms with Crippen molar-refractivity contribution < 1.29 is 19.2 Å². The average Bonchev–Trinajstić information content (AvgIpc) is 2.30. The van der Waals surface area contributed by atoms with Crippen LogP contribution in [0.25, 0.3) is 0 Å². The summed E-state index contributed by atoms with van der Waals surface area (Å²) in [6.07, 6.45) is 0. The van der Waals surface area contributed by atoms with Gasteiger partial charge in [0.2, 0.25) is 0 Å². The summed E-state index contributed by atoms with van der Waals surface area (Å²) < 4.78 is 9.74. The van der Waals surface area contributed by atoms with Crippen molar-refractivity contribution in [2.24, 2.45) is 0 Å². The predicted octanol–water partition coefficient (Wildman–Crippen LogP) is 2.05. The van der Waals surface area contributed by atoms with Crippen LogP contribution >= 0.6 is 0 Å². The summed E-state index contributed by atoms with van der Waals surface area (Å²) in [4.78, 5) is 21.2. The molecule has 0 saturated carbocycles. The topological polar surface area (TPSA) is 78.7 Å². The lowest BCUT2D eigenvalue weighted by molar-refractivity contribution is -0.384. The van der Waals surface area contributed by atoms with E-state index >= 15 is 0 Å². The molecule has 0 heterocycles. The van der Waals surface area contributed by atoms with Crippen LogP contribution in [0.5, 0.6) is 5.75 Å². The van der Waals surface area contributed by atoms with Crippen LogP contribution in [0.4, 0.5) is 5.69 Å². The molecule has 1 aromatic rings. The third-order valence-corrected chi connectivity index (χ3v) is 1.80. The Hall–Kier alpha value is -2.37. The second-order valence-electron chi connectivity index (χ2n) is 3.00. The maximum atomic E-state index is 11.3. The summed E-state index contributed by atoms with van der Waals surface area (Å²) >= 11 is 0. The van der Waals surface area contributed by atoms with E-state index in [4.69, 9.17) is 9.47 Å². The molecule has 0 aliphatic heterocycles. The number of carbonyl (C=O) groups is 1. The molecule has 1 rings (SSSR count). The van der Waals surface area contributed by atoms with Crippen LogP contribution in [0.1, 0.15) is 6.92 Å². The van der Waals surface area contributed by atoms with Gasteiger partial charge in [0, 0.05) is 12.1 Å². The fourth-order valence-corrected chi connectivity index (χ4v) is 1.03. The normalized spacial score (nSPS) is 9.47. The lowest BCUT2D eigenvalue weighted by Crippen LogP contribution is -2.12. The summed E-state index contributed by atoms with van der Waals surface area (Å²) in [5, 5.41) is 10.4. The minimum Gasteiger partial charge on any atom is -0.487 e. The Morgan fingerprint density at radius 2 is 2.00 bits per heavy atom. The first-order valence-electron chi connectivity index (χ1n) is 4.83. The Morgan fingerprint density at radius 1 is 1.41 bits per heavy atom. The lowest BCUT2D eigenvalue weighted by atomic mass is 10.3. The highest BCUT2D eigenvalue weighted by atomic mass is 16.6. The first-order valence-corrected chi connectivity index (χ1v) is 4.83. The molecule has 0 atom stereocenters. The molecule has 0 fully saturated rings. The number of hydrogen-bond acceptors (Lipinski definition) is 5. The molecule has 0 radical (unpaired) electrons. The van der Waals surface area contributed by atoms with Crippen molar-refractivity contribution >= 4 is 11.7 Å². The fraction of sp³-hybridized carbons (Fsp3) is 0.182. The maximum Gasteiger partial charge on any atom is 0.378 e. The summed E-state index contributed by atoms with van der Waals surface area (Å²) in [6.45, 7) is 5.41. The van der Waals surface area contributed by atoms with Crippen LogP contribution in [0.3, 0.4) is 0 Å². The van der Waals surface area contributed by atoms with Gasteiger partial charge >= 0.3 is 5.97 Å². The van der Waals surface area contributed by atoms with E-state index in [0.29, 0.717) is 6.61 Å². The Morgan fingerprint density at radius 3 is 2.47 bits per heavy atom. The Balaban J connectivity index is 2.66. The number of benzene rings is 1. The van der Waals surface area contributed by atoms with Crippen LogP contribution < -0.4 is 4.74 Å². The van der Waals surface area contributed by atoms with Gasteiger partial charge in [-0.05, 0) is 25.6 Å². The first-order chi connectivity index (χ1) is 8.04. The molecule has 6 nitrogen and oxygen atoms in total. The molecule has 0 amide bonds. The van der Waals surface area contributed by atoms with Crippen molar-refractivity contribution in [2.45, 2.75) is 6.92 Å². The second-order valence-corrected chi connectivity index (χ2v) is 3.00. The minimum atomic E-state index is -0.722. The van der Waals surface area contributed by atoms with Crippen molar-refractivity contribution in [2.75, 3.05) is 6.61 Å². The van der Waals surface area contributed by atoms with Crippen LogP contribution in [0.15, 0.2) is 36.6 Å². The molecular formula is C11H11NO5. The van der Waals surface area contributed by atoms with Crippen molar-refractivity contribution in [3.05, 3.63) is 46.7 Å². The van der Waals surface area contributed by atoms with Crippen LogP contribution in [0, 0.1) is 10.1 Å². The zero-order valence-electron chi connectivity index (χ0n) is 9.21. The third kappa shape index (κ3) is 3.60. The summed E-state index contributed by atoms with van der Waals surface area (Å²) in [5.74, 6) is -0.631. The van der Waals surface area contributed by atoms with E-state index < -0.39 is 10.9 Å². The van der Waals surface area contributed by atoms with Crippen LogP contribution in [-0.2, 0) is 9.53 Å². The molecular weight excluding hydrogens is 226 g/mol. The van der Waals surface area contributed by atoms with Gasteiger partial charge in [0.05, 0.1) is 11.5 Å². The lowest BCUT2D eigenvalue weighted by Gasteiger charge is -2.06. The molecule has 1 aromatic carbocycles. The van der Waals surface area contributed by atoms with E-state index in [1.807, 2.05) is 0 Å². The smallest absolute Gasteiger partial charge is 0.378 e. The van der Waals surface area contributed by atoms with Crippen LogP contribution in [-0.4, -0.2) is 17.5 Å². The highest BCUT2D eigenvalue weighted by molar-refractivity contribution is 5.87. The Labute approximate surface area is 97.6 Å². The quantitative estimate of drug-likeness (QED) is 0.195. The fourth-order valence-electron chi connectivity index (χ4n) is 1.03. The van der Waals surface area contributed by atoms with E-state index in [1.54, 1.807) is 6.92 Å². The van der Waals surface area contributed by atoms with Gasteiger partial charge in [-0.3, -0.25) is 10.1 Å². The first kappa shape index (κ1) is 12.7. The maximum absolute atomic E-state index is 11.3. The van der Waals surface area contributed by atoms with Gasteiger partial charge in [-0.1, -0.05) is 0 Å². The SMILES string of the molecule is C=C(OCC)C(=O)Oc1ccc([N+](=O)[O-])cc1. The van der Waals surface area contributed by atoms with Gasteiger partial charge in [-0.25, -0.2) is 4.79 Å². The predicted molar refractivity (Wildman–Crippen MR) is 59.5 cm³/mol.